The predicted octanol–water partition coefficient (Wildman–Crippen LogP) is 5.53. The molecule has 2 rings (SSSR count). The molecule has 0 amide bonds. The van der Waals surface area contributed by atoms with Gasteiger partial charge in [-0.25, -0.2) is 0 Å². The number of benzene rings is 1. The minimum atomic E-state index is -0.337. The number of aromatic hydroxyl groups is 1. The van der Waals surface area contributed by atoms with Gasteiger partial charge < -0.3 is 9.84 Å². The fourth-order valence-electron chi connectivity index (χ4n) is 3.64. The van der Waals surface area contributed by atoms with E-state index in [1.165, 1.54) is 0 Å². The minimum absolute atomic E-state index is 0.255. The second-order valence-electron chi connectivity index (χ2n) is 7.68. The lowest BCUT2D eigenvalue weighted by molar-refractivity contribution is -0.428. The van der Waals surface area contributed by atoms with Crippen molar-refractivity contribution < 1.29 is 14.8 Å². The largest absolute Gasteiger partial charge is 0.507 e. The third kappa shape index (κ3) is 4.19. The van der Waals surface area contributed by atoms with Crippen molar-refractivity contribution in [3.05, 3.63) is 44.1 Å². The van der Waals surface area contributed by atoms with E-state index >= 15 is 0 Å². The zero-order valence-electron chi connectivity index (χ0n) is 16.6. The number of allylic oxidation sites excluding steroid dienone is 2. The highest BCUT2D eigenvalue weighted by atomic mass is 16.6. The van der Waals surface area contributed by atoms with E-state index in [0.29, 0.717) is 24.3 Å². The standard InChI is InChI=1S/C21H31NO4/c1-6-7-9-17(22(24)25)10-8-12-21(5)13-11-18-16(4)19(23)14(2)15(3)20(18)26-21/h10,23H,6-9,11-13H2,1-5H3. The molecule has 5 nitrogen and oxygen atoms in total. The van der Waals surface area contributed by atoms with Gasteiger partial charge in [-0.1, -0.05) is 13.3 Å². The van der Waals surface area contributed by atoms with Gasteiger partial charge in [0.15, 0.2) is 0 Å². The lowest BCUT2D eigenvalue weighted by atomic mass is 9.85. The van der Waals surface area contributed by atoms with Crippen LogP contribution in [0.3, 0.4) is 0 Å². The van der Waals surface area contributed by atoms with Gasteiger partial charge in [-0.15, -0.1) is 0 Å². The maximum atomic E-state index is 11.2. The van der Waals surface area contributed by atoms with Gasteiger partial charge >= 0.3 is 0 Å². The van der Waals surface area contributed by atoms with Crippen molar-refractivity contribution in [2.24, 2.45) is 0 Å². The molecule has 26 heavy (non-hydrogen) atoms. The summed E-state index contributed by atoms with van der Waals surface area (Å²) >= 11 is 0. The van der Waals surface area contributed by atoms with Gasteiger partial charge in [0.05, 0.1) is 4.92 Å². The predicted molar refractivity (Wildman–Crippen MR) is 104 cm³/mol. The van der Waals surface area contributed by atoms with E-state index in [1.54, 1.807) is 6.08 Å². The number of nitrogens with zero attached hydrogens (tertiary/aromatic N) is 1. The van der Waals surface area contributed by atoms with Crippen molar-refractivity contribution in [2.45, 2.75) is 85.2 Å². The number of rotatable bonds is 7. The van der Waals surface area contributed by atoms with E-state index in [0.717, 1.165) is 60.1 Å². The first-order valence-electron chi connectivity index (χ1n) is 9.54. The van der Waals surface area contributed by atoms with Crippen molar-refractivity contribution in [1.29, 1.82) is 0 Å². The Morgan fingerprint density at radius 3 is 2.62 bits per heavy atom. The summed E-state index contributed by atoms with van der Waals surface area (Å²) in [5, 5.41) is 21.4. The molecule has 1 N–H and O–H groups in total. The fraction of sp³-hybridized carbons (Fsp3) is 0.619. The Labute approximate surface area is 156 Å². The van der Waals surface area contributed by atoms with Crippen molar-refractivity contribution in [3.8, 4) is 11.5 Å². The molecule has 0 saturated heterocycles. The molecule has 1 aromatic rings. The average molecular weight is 361 g/mol. The Bertz CT molecular complexity index is 723. The van der Waals surface area contributed by atoms with Crippen molar-refractivity contribution in [3.63, 3.8) is 0 Å². The lowest BCUT2D eigenvalue weighted by Gasteiger charge is -2.38. The first-order valence-corrected chi connectivity index (χ1v) is 9.54. The van der Waals surface area contributed by atoms with Crippen LogP contribution in [0.1, 0.15) is 74.6 Å². The van der Waals surface area contributed by atoms with Crippen LogP contribution < -0.4 is 4.74 Å². The van der Waals surface area contributed by atoms with Gasteiger partial charge in [-0.05, 0) is 82.6 Å². The summed E-state index contributed by atoms with van der Waals surface area (Å²) in [7, 11) is 0. The molecule has 0 saturated carbocycles. The summed E-state index contributed by atoms with van der Waals surface area (Å²) in [5.74, 6) is 1.25. The third-order valence-electron chi connectivity index (χ3n) is 5.67. The molecule has 1 atom stereocenters. The molecular weight excluding hydrogens is 330 g/mol. The Kier molecular flexibility index (Phi) is 6.32. The van der Waals surface area contributed by atoms with Crippen LogP contribution in [0.25, 0.3) is 0 Å². The molecule has 1 unspecified atom stereocenters. The molecule has 0 fully saturated rings. The SMILES string of the molecule is CCCCC(=CCCC1(C)CCc2c(C)c(O)c(C)c(C)c2O1)[N+](=O)[O-]. The van der Waals surface area contributed by atoms with Crippen LogP contribution in [0.2, 0.25) is 0 Å². The number of ether oxygens (including phenoxy) is 1. The number of hydrogen-bond acceptors (Lipinski definition) is 4. The zero-order chi connectivity index (χ0) is 19.5. The monoisotopic (exact) mass is 361 g/mol. The Balaban J connectivity index is 2.15. The number of phenols is 1. The van der Waals surface area contributed by atoms with Gasteiger partial charge in [0.1, 0.15) is 17.1 Å². The molecule has 0 aromatic heterocycles. The molecule has 1 aromatic carbocycles. The summed E-state index contributed by atoms with van der Waals surface area (Å²) < 4.78 is 6.38. The smallest absolute Gasteiger partial charge is 0.242 e. The van der Waals surface area contributed by atoms with E-state index in [1.807, 2.05) is 27.7 Å². The average Bonchev–Trinajstić information content (AvgIpc) is 2.60. The Morgan fingerprint density at radius 1 is 1.31 bits per heavy atom. The normalized spacial score (nSPS) is 19.8. The molecule has 1 aliphatic rings. The summed E-state index contributed by atoms with van der Waals surface area (Å²) in [6.07, 6.45) is 7.17. The van der Waals surface area contributed by atoms with Crippen LogP contribution >= 0.6 is 0 Å². The van der Waals surface area contributed by atoms with E-state index in [9.17, 15) is 15.2 Å². The molecule has 1 aliphatic heterocycles. The number of phenolic OH excluding ortho intramolecular Hbond substituents is 1. The Hall–Kier alpha value is -2.04. The fourth-order valence-corrected chi connectivity index (χ4v) is 3.64. The van der Waals surface area contributed by atoms with Gasteiger partial charge in [-0.3, -0.25) is 10.1 Å². The van der Waals surface area contributed by atoms with E-state index in [-0.39, 0.29) is 10.5 Å². The molecular formula is C21H31NO4. The quantitative estimate of drug-likeness (QED) is 0.512. The van der Waals surface area contributed by atoms with E-state index in [4.69, 9.17) is 4.74 Å². The first kappa shape index (κ1) is 20.3. The first-order chi connectivity index (χ1) is 12.2. The van der Waals surface area contributed by atoms with Gasteiger partial charge in [0, 0.05) is 12.0 Å². The van der Waals surface area contributed by atoms with Crippen LogP contribution in [-0.2, 0) is 6.42 Å². The van der Waals surface area contributed by atoms with Crippen molar-refractivity contribution >= 4 is 0 Å². The van der Waals surface area contributed by atoms with E-state index in [2.05, 4.69) is 6.92 Å². The second-order valence-corrected chi connectivity index (χ2v) is 7.68. The number of hydrogen-bond donors (Lipinski definition) is 1. The second kappa shape index (κ2) is 8.11. The highest BCUT2D eigenvalue weighted by Crippen LogP contribution is 2.44. The summed E-state index contributed by atoms with van der Waals surface area (Å²) in [6, 6.07) is 0. The van der Waals surface area contributed by atoms with Crippen molar-refractivity contribution in [2.75, 3.05) is 0 Å². The van der Waals surface area contributed by atoms with Gasteiger partial charge in [0.2, 0.25) is 5.70 Å². The van der Waals surface area contributed by atoms with Gasteiger partial charge in [0.25, 0.3) is 0 Å². The summed E-state index contributed by atoms with van der Waals surface area (Å²) in [6.45, 7) is 9.95. The highest BCUT2D eigenvalue weighted by molar-refractivity contribution is 5.58. The maximum Gasteiger partial charge on any atom is 0.242 e. The summed E-state index contributed by atoms with van der Waals surface area (Å²) in [5.41, 5.74) is 3.82. The third-order valence-corrected chi connectivity index (χ3v) is 5.67. The number of fused-ring (bicyclic) bond motifs is 1. The summed E-state index contributed by atoms with van der Waals surface area (Å²) in [4.78, 5) is 10.9. The van der Waals surface area contributed by atoms with Crippen LogP contribution in [0.5, 0.6) is 11.5 Å². The van der Waals surface area contributed by atoms with Crippen LogP contribution in [0.15, 0.2) is 11.8 Å². The topological polar surface area (TPSA) is 72.6 Å². The zero-order valence-corrected chi connectivity index (χ0v) is 16.6. The van der Waals surface area contributed by atoms with Crippen LogP contribution in [0, 0.1) is 30.9 Å². The molecule has 0 spiro atoms. The molecule has 0 radical (unpaired) electrons. The number of nitro groups is 1. The molecule has 0 aliphatic carbocycles. The number of unbranched alkanes of at least 4 members (excludes halogenated alkanes) is 1. The molecule has 144 valence electrons. The van der Waals surface area contributed by atoms with Crippen molar-refractivity contribution in [1.82, 2.24) is 0 Å². The lowest BCUT2D eigenvalue weighted by Crippen LogP contribution is -2.37. The van der Waals surface area contributed by atoms with Crippen LogP contribution in [-0.4, -0.2) is 15.6 Å². The van der Waals surface area contributed by atoms with Crippen LogP contribution in [0.4, 0.5) is 0 Å². The molecule has 0 bridgehead atoms. The molecule has 1 heterocycles. The maximum absolute atomic E-state index is 11.2. The minimum Gasteiger partial charge on any atom is -0.507 e. The van der Waals surface area contributed by atoms with Gasteiger partial charge in [-0.2, -0.15) is 0 Å². The Morgan fingerprint density at radius 2 is 2.00 bits per heavy atom. The van der Waals surface area contributed by atoms with E-state index < -0.39 is 0 Å². The molecule has 5 heteroatoms. The highest BCUT2D eigenvalue weighted by Gasteiger charge is 2.34.